The highest BCUT2D eigenvalue weighted by molar-refractivity contribution is 5.93. The zero-order valence-corrected chi connectivity index (χ0v) is 13.3. The van der Waals surface area contributed by atoms with Gasteiger partial charge in [0, 0.05) is 31.1 Å². The van der Waals surface area contributed by atoms with Crippen molar-refractivity contribution in [1.82, 2.24) is 19.5 Å². The number of hydrogen-bond acceptors (Lipinski definition) is 5. The Morgan fingerprint density at radius 3 is 3.13 bits per heavy atom. The van der Waals surface area contributed by atoms with Crippen molar-refractivity contribution in [2.45, 2.75) is 38.3 Å². The van der Waals surface area contributed by atoms with Crippen LogP contribution in [0, 0.1) is 0 Å². The Balaban J connectivity index is 1.54. The Bertz CT molecular complexity index is 679. The van der Waals surface area contributed by atoms with E-state index in [1.165, 1.54) is 23.6 Å². The zero-order chi connectivity index (χ0) is 16.2. The molecule has 7 heteroatoms. The van der Waals surface area contributed by atoms with Gasteiger partial charge in [0.25, 0.3) is 0 Å². The number of aromatic carboxylic acids is 1. The molecule has 1 saturated heterocycles. The number of rotatable bonds is 7. The van der Waals surface area contributed by atoms with Gasteiger partial charge in [-0.25, -0.2) is 14.3 Å². The number of carboxylic acids is 1. The van der Waals surface area contributed by atoms with Crippen LogP contribution in [0.4, 0.5) is 0 Å². The lowest BCUT2D eigenvalue weighted by Crippen LogP contribution is -2.21. The third-order valence-electron chi connectivity index (χ3n) is 4.18. The minimum Gasteiger partial charge on any atom is -0.477 e. The van der Waals surface area contributed by atoms with Crippen molar-refractivity contribution in [3.8, 4) is 0 Å². The van der Waals surface area contributed by atoms with Gasteiger partial charge in [-0.05, 0) is 39.3 Å². The molecule has 0 saturated carbocycles. The van der Waals surface area contributed by atoms with Crippen LogP contribution in [0.2, 0.25) is 0 Å². The van der Waals surface area contributed by atoms with Crippen LogP contribution < -0.4 is 0 Å². The zero-order valence-electron chi connectivity index (χ0n) is 13.3. The number of hydrogen-bond donors (Lipinski definition) is 1. The Hall–Kier alpha value is -1.99. The van der Waals surface area contributed by atoms with Crippen LogP contribution >= 0.6 is 0 Å². The molecule has 1 fully saturated rings. The summed E-state index contributed by atoms with van der Waals surface area (Å²) in [6, 6.07) is 0. The van der Waals surface area contributed by atoms with E-state index in [0.717, 1.165) is 38.1 Å². The summed E-state index contributed by atoms with van der Waals surface area (Å²) in [6.07, 6.45) is 9.94. The van der Waals surface area contributed by atoms with Gasteiger partial charge in [-0.2, -0.15) is 5.10 Å². The van der Waals surface area contributed by atoms with Gasteiger partial charge in [0.2, 0.25) is 0 Å². The third kappa shape index (κ3) is 3.86. The first-order valence-electron chi connectivity index (χ1n) is 7.99. The van der Waals surface area contributed by atoms with Crippen LogP contribution in [-0.4, -0.2) is 56.9 Å². The second kappa shape index (κ2) is 7.06. The van der Waals surface area contributed by atoms with Crippen molar-refractivity contribution in [3.63, 3.8) is 0 Å². The van der Waals surface area contributed by atoms with Crippen molar-refractivity contribution >= 4 is 11.6 Å². The predicted molar refractivity (Wildman–Crippen MR) is 84.5 cm³/mol. The first kappa shape index (κ1) is 15.9. The van der Waals surface area contributed by atoms with Crippen molar-refractivity contribution in [1.29, 1.82) is 0 Å². The molecule has 0 unspecified atom stereocenters. The van der Waals surface area contributed by atoms with Crippen LogP contribution in [0.5, 0.6) is 0 Å². The lowest BCUT2D eigenvalue weighted by Gasteiger charge is -2.17. The molecule has 3 rings (SSSR count). The van der Waals surface area contributed by atoms with Gasteiger partial charge in [-0.1, -0.05) is 0 Å². The first-order valence-corrected chi connectivity index (χ1v) is 7.99. The fourth-order valence-corrected chi connectivity index (χ4v) is 3.00. The van der Waals surface area contributed by atoms with Crippen LogP contribution in [0.15, 0.2) is 18.6 Å². The summed E-state index contributed by atoms with van der Waals surface area (Å²) < 4.78 is 7.16. The van der Waals surface area contributed by atoms with Crippen molar-refractivity contribution in [2.75, 3.05) is 20.2 Å². The SMILES string of the molecule is CN(CCC[C@H]1CCCO1)Cc1cnc2c(C(=O)O)cnn2c1. The van der Waals surface area contributed by atoms with Crippen LogP contribution in [-0.2, 0) is 11.3 Å². The van der Waals surface area contributed by atoms with Gasteiger partial charge in [0.15, 0.2) is 5.65 Å². The van der Waals surface area contributed by atoms with E-state index in [2.05, 4.69) is 22.0 Å². The summed E-state index contributed by atoms with van der Waals surface area (Å²) in [5, 5.41) is 13.1. The number of carboxylic acid groups (broad SMARTS) is 1. The number of aromatic nitrogens is 3. The van der Waals surface area contributed by atoms with Gasteiger partial charge in [-0.3, -0.25) is 0 Å². The summed E-state index contributed by atoms with van der Waals surface area (Å²) in [7, 11) is 2.07. The minimum absolute atomic E-state index is 0.126. The number of ether oxygens (including phenoxy) is 1. The van der Waals surface area contributed by atoms with Gasteiger partial charge >= 0.3 is 5.97 Å². The molecular formula is C16H22N4O3. The van der Waals surface area contributed by atoms with E-state index in [-0.39, 0.29) is 5.56 Å². The molecule has 0 radical (unpaired) electrons. The fraction of sp³-hybridized carbons (Fsp3) is 0.562. The highest BCUT2D eigenvalue weighted by Crippen LogP contribution is 2.17. The van der Waals surface area contributed by atoms with E-state index < -0.39 is 5.97 Å². The average Bonchev–Trinajstić information content (AvgIpc) is 3.15. The van der Waals surface area contributed by atoms with E-state index in [1.54, 1.807) is 6.20 Å². The van der Waals surface area contributed by atoms with Crippen LogP contribution in [0.3, 0.4) is 0 Å². The summed E-state index contributed by atoms with van der Waals surface area (Å²) in [4.78, 5) is 17.5. The molecule has 1 aliphatic rings. The number of carbonyl (C=O) groups is 1. The van der Waals surface area contributed by atoms with Gasteiger partial charge in [0.1, 0.15) is 5.56 Å². The molecule has 0 aromatic carbocycles. The Morgan fingerprint density at radius 2 is 2.39 bits per heavy atom. The lowest BCUT2D eigenvalue weighted by atomic mass is 10.1. The smallest absolute Gasteiger partial charge is 0.341 e. The summed E-state index contributed by atoms with van der Waals surface area (Å²) in [5.74, 6) is -1.01. The standard InChI is InChI=1S/C16H22N4O3/c1-19(6-2-4-13-5-3-7-23-13)10-12-8-17-15-14(16(21)22)9-18-20(15)11-12/h8-9,11,13H,2-7,10H2,1H3,(H,21,22)/t13-/m0/s1. The Kier molecular flexibility index (Phi) is 4.88. The maximum Gasteiger partial charge on any atom is 0.341 e. The molecule has 0 spiro atoms. The maximum absolute atomic E-state index is 11.1. The highest BCUT2D eigenvalue weighted by Gasteiger charge is 2.15. The molecule has 124 valence electrons. The molecule has 3 heterocycles. The molecule has 7 nitrogen and oxygen atoms in total. The van der Waals surface area contributed by atoms with Gasteiger partial charge in [0.05, 0.1) is 12.3 Å². The van der Waals surface area contributed by atoms with E-state index in [9.17, 15) is 4.79 Å². The quantitative estimate of drug-likeness (QED) is 0.839. The van der Waals surface area contributed by atoms with E-state index in [0.29, 0.717) is 11.8 Å². The Morgan fingerprint density at radius 1 is 1.52 bits per heavy atom. The van der Waals surface area contributed by atoms with Gasteiger partial charge < -0.3 is 14.7 Å². The summed E-state index contributed by atoms with van der Waals surface area (Å²) in [5.41, 5.74) is 1.51. The highest BCUT2D eigenvalue weighted by atomic mass is 16.5. The van der Waals surface area contributed by atoms with Crippen molar-refractivity contribution in [2.24, 2.45) is 0 Å². The average molecular weight is 318 g/mol. The van der Waals surface area contributed by atoms with Crippen LogP contribution in [0.25, 0.3) is 5.65 Å². The predicted octanol–water partition coefficient (Wildman–Crippen LogP) is 1.82. The minimum atomic E-state index is -1.01. The van der Waals surface area contributed by atoms with E-state index in [4.69, 9.17) is 9.84 Å². The first-order chi connectivity index (χ1) is 11.1. The third-order valence-corrected chi connectivity index (χ3v) is 4.18. The van der Waals surface area contributed by atoms with Crippen LogP contribution in [0.1, 0.15) is 41.6 Å². The fourth-order valence-electron chi connectivity index (χ4n) is 3.00. The van der Waals surface area contributed by atoms with E-state index in [1.807, 2.05) is 6.20 Å². The van der Waals surface area contributed by atoms with Crippen molar-refractivity contribution in [3.05, 3.63) is 29.7 Å². The topological polar surface area (TPSA) is 80.0 Å². The second-order valence-corrected chi connectivity index (χ2v) is 6.11. The molecule has 1 aliphatic heterocycles. The Labute approximate surface area is 134 Å². The molecule has 2 aromatic rings. The monoisotopic (exact) mass is 318 g/mol. The number of fused-ring (bicyclic) bond motifs is 1. The summed E-state index contributed by atoms with van der Waals surface area (Å²) in [6.45, 7) is 2.67. The molecule has 1 atom stereocenters. The van der Waals surface area contributed by atoms with Gasteiger partial charge in [-0.15, -0.1) is 0 Å². The van der Waals surface area contributed by atoms with E-state index >= 15 is 0 Å². The number of nitrogens with zero attached hydrogens (tertiary/aromatic N) is 4. The van der Waals surface area contributed by atoms with Crippen molar-refractivity contribution < 1.29 is 14.6 Å². The molecule has 23 heavy (non-hydrogen) atoms. The molecule has 0 aliphatic carbocycles. The largest absolute Gasteiger partial charge is 0.477 e. The second-order valence-electron chi connectivity index (χ2n) is 6.11. The summed E-state index contributed by atoms with van der Waals surface area (Å²) >= 11 is 0. The normalized spacial score (nSPS) is 18.1. The lowest BCUT2D eigenvalue weighted by molar-refractivity contribution is 0.0698. The molecular weight excluding hydrogens is 296 g/mol. The molecule has 2 aromatic heterocycles. The maximum atomic E-state index is 11.1. The molecule has 1 N–H and O–H groups in total. The molecule has 0 amide bonds. The molecule has 0 bridgehead atoms.